The molecule has 0 radical (unpaired) electrons. The van der Waals surface area contributed by atoms with Crippen molar-refractivity contribution in [1.82, 2.24) is 0 Å². The van der Waals surface area contributed by atoms with E-state index in [4.69, 9.17) is 15.2 Å². The summed E-state index contributed by atoms with van der Waals surface area (Å²) >= 11 is 0. The Bertz CT molecular complexity index is 388. The smallest absolute Gasteiger partial charge is 0.169 e. The van der Waals surface area contributed by atoms with E-state index in [0.29, 0.717) is 0 Å². The molecular weight excluding hydrogens is 214 g/mol. The molecule has 1 heterocycles. The molecule has 1 aromatic carbocycles. The molecule has 0 saturated carbocycles. The average molecular weight is 235 g/mol. The zero-order valence-corrected chi connectivity index (χ0v) is 10.8. The molecule has 2 unspecified atom stereocenters. The summed E-state index contributed by atoms with van der Waals surface area (Å²) in [6.45, 7) is 6.23. The molecule has 0 amide bonds. The first-order valence-corrected chi connectivity index (χ1v) is 6.32. The molecule has 0 spiro atoms. The highest BCUT2D eigenvalue weighted by Crippen LogP contribution is 2.43. The molecule has 3 nitrogen and oxygen atoms in total. The lowest BCUT2D eigenvalue weighted by Gasteiger charge is -2.25. The van der Waals surface area contributed by atoms with E-state index < -0.39 is 5.79 Å². The fourth-order valence-corrected chi connectivity index (χ4v) is 2.43. The van der Waals surface area contributed by atoms with Crippen LogP contribution in [0.4, 0.5) is 5.69 Å². The number of ether oxygens (including phenoxy) is 2. The number of anilines is 1. The number of hydrogen-bond donors (Lipinski definition) is 1. The van der Waals surface area contributed by atoms with Crippen LogP contribution in [-0.4, -0.2) is 11.9 Å². The van der Waals surface area contributed by atoms with Gasteiger partial charge in [-0.05, 0) is 25.8 Å². The summed E-state index contributed by atoms with van der Waals surface area (Å²) in [5.41, 5.74) is 7.80. The summed E-state index contributed by atoms with van der Waals surface area (Å²) in [4.78, 5) is 0. The van der Waals surface area contributed by atoms with Crippen molar-refractivity contribution >= 4 is 5.69 Å². The largest absolute Gasteiger partial charge is 0.398 e. The predicted molar refractivity (Wildman–Crippen MR) is 68.5 cm³/mol. The Morgan fingerprint density at radius 2 is 1.82 bits per heavy atom. The molecular formula is C14H21NO2. The number of rotatable bonds is 3. The third kappa shape index (κ3) is 2.17. The molecule has 94 valence electrons. The lowest BCUT2D eigenvalue weighted by Crippen LogP contribution is -2.28. The monoisotopic (exact) mass is 235 g/mol. The number of para-hydroxylation sites is 1. The summed E-state index contributed by atoms with van der Waals surface area (Å²) in [5.74, 6) is -0.438. The van der Waals surface area contributed by atoms with Gasteiger partial charge < -0.3 is 15.2 Å². The van der Waals surface area contributed by atoms with Crippen molar-refractivity contribution in [2.45, 2.75) is 51.6 Å². The van der Waals surface area contributed by atoms with Gasteiger partial charge in [0.05, 0.1) is 6.10 Å². The van der Waals surface area contributed by atoms with E-state index in [2.05, 4.69) is 13.8 Å². The molecule has 3 heteroatoms. The number of nitrogens with two attached hydrogens (primary N) is 1. The van der Waals surface area contributed by atoms with Crippen LogP contribution < -0.4 is 5.73 Å². The second-order valence-electron chi connectivity index (χ2n) is 4.61. The highest BCUT2D eigenvalue weighted by Gasteiger charge is 2.44. The van der Waals surface area contributed by atoms with Crippen LogP contribution in [0.1, 0.15) is 45.3 Å². The van der Waals surface area contributed by atoms with E-state index in [0.717, 1.165) is 24.1 Å². The summed E-state index contributed by atoms with van der Waals surface area (Å²) in [5, 5.41) is 0. The van der Waals surface area contributed by atoms with Gasteiger partial charge in [0.2, 0.25) is 0 Å². The second-order valence-corrected chi connectivity index (χ2v) is 4.61. The normalized spacial score (nSPS) is 27.2. The molecule has 2 atom stereocenters. The van der Waals surface area contributed by atoms with E-state index in [1.54, 1.807) is 0 Å². The first-order chi connectivity index (χ1) is 8.12. The first-order valence-electron chi connectivity index (χ1n) is 6.32. The Kier molecular flexibility index (Phi) is 3.40. The number of benzene rings is 1. The first kappa shape index (κ1) is 12.4. The van der Waals surface area contributed by atoms with Crippen LogP contribution >= 0.6 is 0 Å². The molecule has 1 aliphatic rings. The summed E-state index contributed by atoms with van der Waals surface area (Å²) in [6, 6.07) is 7.84. The van der Waals surface area contributed by atoms with Gasteiger partial charge in [0.15, 0.2) is 5.79 Å². The van der Waals surface area contributed by atoms with Gasteiger partial charge in [-0.3, -0.25) is 0 Å². The number of hydrogen-bond acceptors (Lipinski definition) is 3. The van der Waals surface area contributed by atoms with E-state index in [1.165, 1.54) is 0 Å². The quantitative estimate of drug-likeness (QED) is 0.818. The maximum absolute atomic E-state index is 6.12. The van der Waals surface area contributed by atoms with Crippen LogP contribution in [0.2, 0.25) is 0 Å². The van der Waals surface area contributed by atoms with Crippen molar-refractivity contribution in [2.24, 2.45) is 0 Å². The fraction of sp³-hybridized carbons (Fsp3) is 0.571. The van der Waals surface area contributed by atoms with Crippen molar-refractivity contribution < 1.29 is 9.47 Å². The topological polar surface area (TPSA) is 44.5 Å². The van der Waals surface area contributed by atoms with Crippen molar-refractivity contribution in [2.75, 3.05) is 5.73 Å². The molecule has 1 saturated heterocycles. The maximum atomic E-state index is 6.12. The predicted octanol–water partition coefficient (Wildman–Crippen LogP) is 3.26. The van der Waals surface area contributed by atoms with Crippen LogP contribution in [0.3, 0.4) is 0 Å². The molecule has 1 aliphatic heterocycles. The van der Waals surface area contributed by atoms with Gasteiger partial charge in [-0.2, -0.15) is 0 Å². The molecule has 2 rings (SSSR count). The van der Waals surface area contributed by atoms with Gasteiger partial charge in [0.1, 0.15) is 6.10 Å². The molecule has 1 aromatic rings. The molecule has 2 N–H and O–H groups in total. The van der Waals surface area contributed by atoms with Gasteiger partial charge in [0, 0.05) is 11.3 Å². The molecule has 0 aliphatic carbocycles. The molecule has 0 bridgehead atoms. The van der Waals surface area contributed by atoms with Crippen LogP contribution in [-0.2, 0) is 9.47 Å². The van der Waals surface area contributed by atoms with E-state index in [-0.39, 0.29) is 12.2 Å². The van der Waals surface area contributed by atoms with Crippen LogP contribution in [0.25, 0.3) is 0 Å². The van der Waals surface area contributed by atoms with Gasteiger partial charge in [-0.1, -0.05) is 32.0 Å². The standard InChI is InChI=1S/C14H21NO2/c1-4-14(5-2)16-10(3)13(17-14)11-8-6-7-9-12(11)15/h6-10,13H,4-5,15H2,1-3H3. The van der Waals surface area contributed by atoms with Crippen LogP contribution in [0.15, 0.2) is 24.3 Å². The summed E-state index contributed by atoms with van der Waals surface area (Å²) < 4.78 is 12.1. The lowest BCUT2D eigenvalue weighted by molar-refractivity contribution is -0.178. The van der Waals surface area contributed by atoms with Crippen molar-refractivity contribution in [3.05, 3.63) is 29.8 Å². The lowest BCUT2D eigenvalue weighted by atomic mass is 10.0. The van der Waals surface area contributed by atoms with E-state index >= 15 is 0 Å². The van der Waals surface area contributed by atoms with E-state index in [9.17, 15) is 0 Å². The zero-order chi connectivity index (χ0) is 12.5. The maximum Gasteiger partial charge on any atom is 0.169 e. The Labute approximate surface area is 103 Å². The third-order valence-electron chi connectivity index (χ3n) is 3.55. The minimum atomic E-state index is -0.438. The SMILES string of the molecule is CCC1(CC)OC(C)C(c2ccccc2N)O1. The third-order valence-corrected chi connectivity index (χ3v) is 3.55. The van der Waals surface area contributed by atoms with Crippen molar-refractivity contribution in [3.63, 3.8) is 0 Å². The Hall–Kier alpha value is -1.06. The summed E-state index contributed by atoms with van der Waals surface area (Å²) in [6.07, 6.45) is 1.70. The Balaban J connectivity index is 2.27. The number of nitrogen functional groups attached to an aromatic ring is 1. The summed E-state index contributed by atoms with van der Waals surface area (Å²) in [7, 11) is 0. The van der Waals surface area contributed by atoms with Crippen molar-refractivity contribution in [1.29, 1.82) is 0 Å². The molecule has 0 aromatic heterocycles. The molecule has 17 heavy (non-hydrogen) atoms. The van der Waals surface area contributed by atoms with E-state index in [1.807, 2.05) is 31.2 Å². The zero-order valence-electron chi connectivity index (χ0n) is 10.8. The van der Waals surface area contributed by atoms with Crippen molar-refractivity contribution in [3.8, 4) is 0 Å². The highest BCUT2D eigenvalue weighted by atomic mass is 16.8. The molecule has 1 fully saturated rings. The average Bonchev–Trinajstić information content (AvgIpc) is 2.68. The highest BCUT2D eigenvalue weighted by molar-refractivity contribution is 5.48. The van der Waals surface area contributed by atoms with Gasteiger partial charge in [-0.15, -0.1) is 0 Å². The van der Waals surface area contributed by atoms with Crippen LogP contribution in [0.5, 0.6) is 0 Å². The fourth-order valence-electron chi connectivity index (χ4n) is 2.43. The van der Waals surface area contributed by atoms with Gasteiger partial charge >= 0.3 is 0 Å². The van der Waals surface area contributed by atoms with Crippen LogP contribution in [0, 0.1) is 0 Å². The second kappa shape index (κ2) is 4.67. The Morgan fingerprint density at radius 3 is 2.35 bits per heavy atom. The minimum Gasteiger partial charge on any atom is -0.398 e. The minimum absolute atomic E-state index is 0.0413. The Morgan fingerprint density at radius 1 is 1.18 bits per heavy atom. The van der Waals surface area contributed by atoms with Gasteiger partial charge in [-0.25, -0.2) is 0 Å². The van der Waals surface area contributed by atoms with Gasteiger partial charge in [0.25, 0.3) is 0 Å².